The zero-order valence-electron chi connectivity index (χ0n) is 15.5. The maximum absolute atomic E-state index is 11.8. The van der Waals surface area contributed by atoms with Gasteiger partial charge in [0.15, 0.2) is 0 Å². The van der Waals surface area contributed by atoms with E-state index in [1.165, 1.54) is 5.56 Å². The van der Waals surface area contributed by atoms with Gasteiger partial charge in [0.1, 0.15) is 11.7 Å². The van der Waals surface area contributed by atoms with Crippen LogP contribution in [0.25, 0.3) is 16.9 Å². The first-order valence-corrected chi connectivity index (χ1v) is 9.14. The topological polar surface area (TPSA) is 64.4 Å². The van der Waals surface area contributed by atoms with E-state index in [1.54, 1.807) is 7.11 Å². The standard InChI is InChI=1S/C22H22N2O3/c1-14-6-8-15(9-7-14)21-18-4-3-5-19(22(25)26)20(18)23-24(21)16-10-12-17(27-2)13-11-16/h6-13,19H,3-5H2,1-2H3,(H,25,26). The highest BCUT2D eigenvalue weighted by Gasteiger charge is 2.33. The fourth-order valence-corrected chi connectivity index (χ4v) is 3.77. The monoisotopic (exact) mass is 362 g/mol. The summed E-state index contributed by atoms with van der Waals surface area (Å²) >= 11 is 0. The lowest BCUT2D eigenvalue weighted by Crippen LogP contribution is -2.17. The predicted molar refractivity (Wildman–Crippen MR) is 104 cm³/mol. The predicted octanol–water partition coefficient (Wildman–Crippen LogP) is 4.36. The Kier molecular flexibility index (Phi) is 4.44. The van der Waals surface area contributed by atoms with Gasteiger partial charge in [0.25, 0.3) is 0 Å². The Balaban J connectivity index is 1.93. The minimum absolute atomic E-state index is 0.544. The maximum Gasteiger partial charge on any atom is 0.312 e. The van der Waals surface area contributed by atoms with Gasteiger partial charge in [-0.3, -0.25) is 4.79 Å². The summed E-state index contributed by atoms with van der Waals surface area (Å²) in [7, 11) is 1.64. The summed E-state index contributed by atoms with van der Waals surface area (Å²) in [5, 5.41) is 14.4. The molecule has 5 heteroatoms. The fraction of sp³-hybridized carbons (Fsp3) is 0.273. The second kappa shape index (κ2) is 6.91. The lowest BCUT2D eigenvalue weighted by Gasteiger charge is -2.18. The molecular weight excluding hydrogens is 340 g/mol. The van der Waals surface area contributed by atoms with Crippen LogP contribution in [0.15, 0.2) is 48.5 Å². The van der Waals surface area contributed by atoms with Gasteiger partial charge in [0.2, 0.25) is 0 Å². The Morgan fingerprint density at radius 2 is 1.85 bits per heavy atom. The van der Waals surface area contributed by atoms with Crippen molar-refractivity contribution in [2.45, 2.75) is 32.1 Å². The number of carboxylic acid groups (broad SMARTS) is 1. The quantitative estimate of drug-likeness (QED) is 0.749. The number of hydrogen-bond donors (Lipinski definition) is 1. The van der Waals surface area contributed by atoms with Crippen molar-refractivity contribution in [1.29, 1.82) is 0 Å². The molecule has 0 fully saturated rings. The molecule has 27 heavy (non-hydrogen) atoms. The van der Waals surface area contributed by atoms with Crippen LogP contribution in [-0.2, 0) is 11.2 Å². The third kappa shape index (κ3) is 3.10. The van der Waals surface area contributed by atoms with Crippen LogP contribution in [0.3, 0.4) is 0 Å². The number of methoxy groups -OCH3 is 1. The van der Waals surface area contributed by atoms with E-state index in [0.29, 0.717) is 12.1 Å². The van der Waals surface area contributed by atoms with Crippen molar-refractivity contribution in [3.05, 3.63) is 65.4 Å². The molecule has 5 nitrogen and oxygen atoms in total. The van der Waals surface area contributed by atoms with E-state index < -0.39 is 11.9 Å². The van der Waals surface area contributed by atoms with Crippen molar-refractivity contribution in [2.75, 3.05) is 7.11 Å². The molecule has 1 heterocycles. The van der Waals surface area contributed by atoms with Crippen molar-refractivity contribution in [3.63, 3.8) is 0 Å². The van der Waals surface area contributed by atoms with E-state index in [9.17, 15) is 9.90 Å². The van der Waals surface area contributed by atoms with Crippen molar-refractivity contribution < 1.29 is 14.6 Å². The van der Waals surface area contributed by atoms with E-state index in [1.807, 2.05) is 28.9 Å². The number of aliphatic carboxylic acids is 1. The molecule has 1 aliphatic rings. The highest BCUT2D eigenvalue weighted by atomic mass is 16.5. The lowest BCUT2D eigenvalue weighted by atomic mass is 9.85. The van der Waals surface area contributed by atoms with Gasteiger partial charge in [-0.1, -0.05) is 29.8 Å². The highest BCUT2D eigenvalue weighted by Crippen LogP contribution is 2.39. The van der Waals surface area contributed by atoms with Crippen LogP contribution in [0.1, 0.15) is 35.6 Å². The summed E-state index contributed by atoms with van der Waals surface area (Å²) in [6.45, 7) is 2.06. The summed E-state index contributed by atoms with van der Waals surface area (Å²) in [6, 6.07) is 16.0. The molecule has 0 aliphatic heterocycles. The largest absolute Gasteiger partial charge is 0.497 e. The first-order chi connectivity index (χ1) is 13.1. The number of rotatable bonds is 4. The third-order valence-electron chi connectivity index (χ3n) is 5.20. The Hall–Kier alpha value is -3.08. The SMILES string of the molecule is COc1ccc(-n2nc3c(c2-c2ccc(C)cc2)CCCC3C(=O)O)cc1. The summed E-state index contributed by atoms with van der Waals surface area (Å²) < 4.78 is 7.14. The van der Waals surface area contributed by atoms with Gasteiger partial charge in [-0.25, -0.2) is 4.68 Å². The number of fused-ring (bicyclic) bond motifs is 1. The number of aryl methyl sites for hydroxylation is 1. The Labute approximate surface area is 158 Å². The number of ether oxygens (including phenoxy) is 1. The van der Waals surface area contributed by atoms with Gasteiger partial charge in [-0.15, -0.1) is 0 Å². The van der Waals surface area contributed by atoms with Gasteiger partial charge < -0.3 is 9.84 Å². The summed E-state index contributed by atoms with van der Waals surface area (Å²) in [5.41, 5.74) is 5.86. The van der Waals surface area contributed by atoms with Gasteiger partial charge in [0.05, 0.1) is 24.2 Å². The molecule has 1 aromatic heterocycles. The second-order valence-corrected chi connectivity index (χ2v) is 6.97. The molecule has 0 spiro atoms. The molecular formula is C22H22N2O3. The number of benzene rings is 2. The molecule has 4 rings (SSSR count). The van der Waals surface area contributed by atoms with Crippen LogP contribution in [-0.4, -0.2) is 28.0 Å². The molecule has 0 saturated carbocycles. The van der Waals surface area contributed by atoms with E-state index in [0.717, 1.165) is 41.1 Å². The van der Waals surface area contributed by atoms with E-state index in [-0.39, 0.29) is 0 Å². The molecule has 1 unspecified atom stereocenters. The van der Waals surface area contributed by atoms with Crippen LogP contribution >= 0.6 is 0 Å². The summed E-state index contributed by atoms with van der Waals surface area (Å²) in [5.74, 6) is -0.570. The minimum atomic E-state index is -0.800. The van der Waals surface area contributed by atoms with Crippen LogP contribution in [0.2, 0.25) is 0 Å². The van der Waals surface area contributed by atoms with Crippen molar-refractivity contribution >= 4 is 5.97 Å². The normalized spacial score (nSPS) is 16.0. The van der Waals surface area contributed by atoms with Crippen LogP contribution in [0, 0.1) is 6.92 Å². The van der Waals surface area contributed by atoms with Crippen LogP contribution in [0.4, 0.5) is 0 Å². The highest BCUT2D eigenvalue weighted by molar-refractivity contribution is 5.79. The maximum atomic E-state index is 11.8. The zero-order valence-corrected chi connectivity index (χ0v) is 15.5. The molecule has 0 saturated heterocycles. The molecule has 3 aromatic rings. The van der Waals surface area contributed by atoms with Crippen LogP contribution < -0.4 is 4.74 Å². The van der Waals surface area contributed by atoms with Crippen molar-refractivity contribution in [1.82, 2.24) is 9.78 Å². The first-order valence-electron chi connectivity index (χ1n) is 9.14. The van der Waals surface area contributed by atoms with Crippen molar-refractivity contribution in [2.24, 2.45) is 0 Å². The lowest BCUT2D eigenvalue weighted by molar-refractivity contribution is -0.139. The molecule has 0 bridgehead atoms. The molecule has 0 amide bonds. The number of hydrogen-bond acceptors (Lipinski definition) is 3. The molecule has 1 atom stereocenters. The smallest absolute Gasteiger partial charge is 0.312 e. The Bertz CT molecular complexity index is 972. The number of aromatic nitrogens is 2. The van der Waals surface area contributed by atoms with E-state index in [2.05, 4.69) is 31.2 Å². The first kappa shape index (κ1) is 17.3. The molecule has 0 radical (unpaired) electrons. The number of carbonyl (C=O) groups is 1. The van der Waals surface area contributed by atoms with E-state index >= 15 is 0 Å². The fourth-order valence-electron chi connectivity index (χ4n) is 3.77. The average molecular weight is 362 g/mol. The molecule has 138 valence electrons. The summed E-state index contributed by atoms with van der Waals surface area (Å²) in [4.78, 5) is 11.8. The number of nitrogens with zero attached hydrogens (tertiary/aromatic N) is 2. The summed E-state index contributed by atoms with van der Waals surface area (Å²) in [6.07, 6.45) is 2.34. The molecule has 1 N–H and O–H groups in total. The molecule has 2 aromatic carbocycles. The van der Waals surface area contributed by atoms with Gasteiger partial charge in [-0.2, -0.15) is 5.10 Å². The Morgan fingerprint density at radius 3 is 2.48 bits per heavy atom. The second-order valence-electron chi connectivity index (χ2n) is 6.97. The van der Waals surface area contributed by atoms with Gasteiger partial charge in [-0.05, 0) is 50.5 Å². The zero-order chi connectivity index (χ0) is 19.0. The van der Waals surface area contributed by atoms with Crippen LogP contribution in [0.5, 0.6) is 5.75 Å². The number of carboxylic acids is 1. The third-order valence-corrected chi connectivity index (χ3v) is 5.20. The molecule has 1 aliphatic carbocycles. The van der Waals surface area contributed by atoms with E-state index in [4.69, 9.17) is 9.84 Å². The van der Waals surface area contributed by atoms with Gasteiger partial charge >= 0.3 is 5.97 Å². The Morgan fingerprint density at radius 1 is 1.15 bits per heavy atom. The van der Waals surface area contributed by atoms with Crippen molar-refractivity contribution in [3.8, 4) is 22.7 Å². The minimum Gasteiger partial charge on any atom is -0.497 e. The van der Waals surface area contributed by atoms with Gasteiger partial charge in [0, 0.05) is 11.1 Å². The average Bonchev–Trinajstić information content (AvgIpc) is 3.08.